The third kappa shape index (κ3) is 29.2. The van der Waals surface area contributed by atoms with Gasteiger partial charge >= 0.3 is 0 Å². The number of unbranched alkanes of at least 4 members (excludes halogenated alkanes) is 42. The van der Waals surface area contributed by atoms with E-state index >= 15 is 9.59 Å². The van der Waals surface area contributed by atoms with Crippen LogP contribution in [0.4, 0.5) is 0 Å². The predicted molar refractivity (Wildman–Crippen MR) is 362 cm³/mol. The zero-order chi connectivity index (χ0) is 57.1. The first-order valence-electron chi connectivity index (χ1n) is 35.0. The van der Waals surface area contributed by atoms with E-state index in [2.05, 4.69) is 93.6 Å². The van der Waals surface area contributed by atoms with Crippen LogP contribution in [0.2, 0.25) is 0 Å². The number of hydrogen-bond donors (Lipinski definition) is 0. The Labute approximate surface area is 519 Å². The Bertz CT molecular complexity index is 1800. The van der Waals surface area contributed by atoms with Crippen LogP contribution in [-0.4, -0.2) is 34.7 Å². The molecule has 0 aromatic carbocycles. The molecule has 2 aromatic heterocycles. The highest BCUT2D eigenvalue weighted by atomic mass is 79.9. The summed E-state index contributed by atoms with van der Waals surface area (Å²) in [6, 6.07) is 8.52. The van der Waals surface area contributed by atoms with Crippen molar-refractivity contribution in [1.29, 1.82) is 0 Å². The predicted octanol–water partition coefficient (Wildman–Crippen LogP) is 26.0. The summed E-state index contributed by atoms with van der Waals surface area (Å²) in [6.07, 6.45) is 66.9. The van der Waals surface area contributed by atoms with E-state index in [4.69, 9.17) is 0 Å². The van der Waals surface area contributed by atoms with Gasteiger partial charge in [0, 0.05) is 13.1 Å². The molecule has 0 spiro atoms. The molecule has 80 heavy (non-hydrogen) atoms. The highest BCUT2D eigenvalue weighted by Crippen LogP contribution is 2.50. The van der Waals surface area contributed by atoms with Crippen LogP contribution < -0.4 is 0 Å². The van der Waals surface area contributed by atoms with Crippen molar-refractivity contribution < 1.29 is 9.59 Å². The summed E-state index contributed by atoms with van der Waals surface area (Å²) in [5.74, 6) is 0.926. The molecule has 0 saturated heterocycles. The molecule has 0 radical (unpaired) electrons. The van der Waals surface area contributed by atoms with Gasteiger partial charge in [0.05, 0.1) is 39.9 Å². The highest BCUT2D eigenvalue weighted by molar-refractivity contribution is 9.11. The minimum Gasteiger partial charge on any atom is -0.306 e. The number of halogens is 2. The van der Waals surface area contributed by atoms with Gasteiger partial charge in [-0.25, -0.2) is 0 Å². The summed E-state index contributed by atoms with van der Waals surface area (Å²) in [7, 11) is 0. The quantitative estimate of drug-likeness (QED) is 0.0619. The van der Waals surface area contributed by atoms with Crippen LogP contribution >= 0.6 is 54.5 Å². The monoisotopic (exact) mass is 1270 g/mol. The molecule has 0 aliphatic carbocycles. The largest absolute Gasteiger partial charge is 0.306 e. The number of thiophene rings is 2. The standard InChI is InChI=1S/C72H122Br2N2O2S2/c1-5-9-13-17-21-25-27-29-31-33-35-37-41-45-49-53-61(51-47-43-39-23-19-15-11-7-3)59-75-69(63-55-57-65(73)79-63)67-68(71(75)77)70(64-56-58-66(74)80-64)76(72(67)78)60-62(52-48-44-40-24-20-16-12-8-4)54-50-46-42-38-36-34-32-30-28-26-22-18-14-10-6-2/h55-58,61-62H,5-54,59-60H2,1-4H3. The van der Waals surface area contributed by atoms with E-state index < -0.39 is 0 Å². The molecule has 2 atom stereocenters. The maximum atomic E-state index is 15.6. The second kappa shape index (κ2) is 47.0. The summed E-state index contributed by atoms with van der Waals surface area (Å²) in [5, 5.41) is 0. The summed E-state index contributed by atoms with van der Waals surface area (Å²) in [4.78, 5) is 37.5. The molecule has 2 aromatic rings. The summed E-state index contributed by atoms with van der Waals surface area (Å²) in [6.45, 7) is 10.6. The van der Waals surface area contributed by atoms with Crippen LogP contribution in [-0.2, 0) is 9.59 Å². The second-order valence-electron chi connectivity index (χ2n) is 25.2. The minimum absolute atomic E-state index is 0.0503. The van der Waals surface area contributed by atoms with Gasteiger partial charge in [-0.1, -0.05) is 323 Å². The van der Waals surface area contributed by atoms with E-state index in [0.717, 1.165) is 54.4 Å². The van der Waals surface area contributed by atoms with Crippen LogP contribution in [0.3, 0.4) is 0 Å². The van der Waals surface area contributed by atoms with Crippen molar-refractivity contribution in [3.05, 3.63) is 52.7 Å². The number of fused-ring (bicyclic) bond motifs is 1. The van der Waals surface area contributed by atoms with Crippen LogP contribution in [0.1, 0.15) is 358 Å². The minimum atomic E-state index is 0.0503. The van der Waals surface area contributed by atoms with Crippen LogP contribution in [0.25, 0.3) is 11.4 Å². The Hall–Kier alpha value is -1.22. The Balaban J connectivity index is 1.46. The van der Waals surface area contributed by atoms with Gasteiger partial charge in [-0.15, -0.1) is 22.7 Å². The highest BCUT2D eigenvalue weighted by Gasteiger charge is 2.50. The summed E-state index contributed by atoms with van der Waals surface area (Å²) in [5.41, 5.74) is 3.08. The van der Waals surface area contributed by atoms with E-state index in [1.54, 1.807) is 22.7 Å². The van der Waals surface area contributed by atoms with E-state index in [1.165, 1.54) is 295 Å². The van der Waals surface area contributed by atoms with E-state index in [9.17, 15) is 0 Å². The third-order valence-electron chi connectivity index (χ3n) is 18.0. The fraction of sp³-hybridized carbons (Fsp3) is 0.806. The zero-order valence-corrected chi connectivity index (χ0v) is 57.3. The Kier molecular flexibility index (Phi) is 41.9. The molecule has 4 heterocycles. The third-order valence-corrected chi connectivity index (χ3v) is 21.3. The average Bonchev–Trinajstić information content (AvgIpc) is 4.26. The number of carbonyl (C=O) groups excluding carboxylic acids is 2. The van der Waals surface area contributed by atoms with E-state index in [-0.39, 0.29) is 11.8 Å². The molecule has 458 valence electrons. The Morgan fingerprint density at radius 1 is 0.312 bits per heavy atom. The average molecular weight is 1270 g/mol. The van der Waals surface area contributed by atoms with Crippen molar-refractivity contribution in [3.63, 3.8) is 0 Å². The molecule has 0 bridgehead atoms. The molecule has 4 nitrogen and oxygen atoms in total. The fourth-order valence-corrected chi connectivity index (χ4v) is 15.9. The summed E-state index contributed by atoms with van der Waals surface area (Å²) < 4.78 is 2.08. The lowest BCUT2D eigenvalue weighted by Gasteiger charge is -2.29. The molecule has 2 aliphatic rings. The van der Waals surface area contributed by atoms with Crippen molar-refractivity contribution in [2.75, 3.05) is 13.1 Å². The molecule has 2 aliphatic heterocycles. The van der Waals surface area contributed by atoms with E-state index in [0.29, 0.717) is 36.1 Å². The van der Waals surface area contributed by atoms with Gasteiger partial charge in [0.15, 0.2) is 0 Å². The molecule has 0 saturated carbocycles. The Morgan fingerprint density at radius 3 is 0.700 bits per heavy atom. The lowest BCUT2D eigenvalue weighted by molar-refractivity contribution is -0.124. The van der Waals surface area contributed by atoms with Crippen molar-refractivity contribution in [1.82, 2.24) is 9.80 Å². The van der Waals surface area contributed by atoms with Gasteiger partial charge < -0.3 is 9.80 Å². The van der Waals surface area contributed by atoms with Crippen molar-refractivity contribution in [2.45, 2.75) is 349 Å². The molecule has 2 amide bonds. The molecule has 0 N–H and O–H groups in total. The van der Waals surface area contributed by atoms with Crippen LogP contribution in [0, 0.1) is 11.8 Å². The van der Waals surface area contributed by atoms with Gasteiger partial charge in [-0.05, 0) is 93.6 Å². The maximum absolute atomic E-state index is 15.6. The first kappa shape index (κ1) is 71.3. The number of carbonyl (C=O) groups is 2. The van der Waals surface area contributed by atoms with Crippen molar-refractivity contribution in [2.24, 2.45) is 11.8 Å². The molecule has 0 fully saturated rings. The Morgan fingerprint density at radius 2 is 0.512 bits per heavy atom. The molecular weight excluding hydrogens is 1150 g/mol. The fourth-order valence-electron chi connectivity index (χ4n) is 13.1. The zero-order valence-electron chi connectivity index (χ0n) is 52.5. The number of amides is 2. The molecule has 2 unspecified atom stereocenters. The summed E-state index contributed by atoms with van der Waals surface area (Å²) >= 11 is 11.0. The first-order chi connectivity index (χ1) is 39.3. The van der Waals surface area contributed by atoms with Crippen LogP contribution in [0.5, 0.6) is 0 Å². The number of hydrogen-bond acceptors (Lipinski definition) is 4. The SMILES string of the molecule is CCCCCCCCCCCCCCCCCC(CCCCCCCCCC)CN1C(=O)C2=C(c3ccc(Br)s3)N(CC(CCCCCCCCCC)CCCCCCCCCCCCCCCCC)C(=O)C2=C1c1ccc(Br)s1. The lowest BCUT2D eigenvalue weighted by Crippen LogP contribution is -2.34. The second-order valence-corrected chi connectivity index (χ2v) is 30.1. The molecular formula is C72H122Br2N2O2S2. The molecule has 8 heteroatoms. The van der Waals surface area contributed by atoms with Crippen LogP contribution in [0.15, 0.2) is 43.0 Å². The first-order valence-corrected chi connectivity index (χ1v) is 38.2. The van der Waals surface area contributed by atoms with Gasteiger partial charge in [-0.2, -0.15) is 0 Å². The van der Waals surface area contributed by atoms with Gasteiger partial charge in [-0.3, -0.25) is 9.59 Å². The van der Waals surface area contributed by atoms with Gasteiger partial charge in [0.25, 0.3) is 11.8 Å². The number of nitrogens with zero attached hydrogens (tertiary/aromatic N) is 2. The van der Waals surface area contributed by atoms with Crippen molar-refractivity contribution in [3.8, 4) is 0 Å². The smallest absolute Gasteiger partial charge is 0.261 e. The molecule has 4 rings (SSSR count). The van der Waals surface area contributed by atoms with Gasteiger partial charge in [0.1, 0.15) is 0 Å². The van der Waals surface area contributed by atoms with Gasteiger partial charge in [0.2, 0.25) is 0 Å². The lowest BCUT2D eigenvalue weighted by atomic mass is 9.93. The topological polar surface area (TPSA) is 40.6 Å². The maximum Gasteiger partial charge on any atom is 0.261 e. The van der Waals surface area contributed by atoms with E-state index in [1.807, 2.05) is 0 Å². The van der Waals surface area contributed by atoms with Crippen molar-refractivity contribution >= 4 is 77.7 Å². The normalized spacial score (nSPS) is 14.5. The number of rotatable bonds is 56.